The Labute approximate surface area is 324 Å². The van der Waals surface area contributed by atoms with Crippen LogP contribution in [0.15, 0.2) is 180 Å². The first-order valence-electron chi connectivity index (χ1n) is 19.1. The summed E-state index contributed by atoms with van der Waals surface area (Å²) in [5, 5.41) is 6.75. The van der Waals surface area contributed by atoms with E-state index >= 15 is 0 Å². The van der Waals surface area contributed by atoms with Crippen molar-refractivity contribution < 1.29 is 4.42 Å². The van der Waals surface area contributed by atoms with Gasteiger partial charge in [-0.2, -0.15) is 0 Å². The highest BCUT2D eigenvalue weighted by Crippen LogP contribution is 2.45. The highest BCUT2D eigenvalue weighted by molar-refractivity contribution is 6.29. The third kappa shape index (κ3) is 4.93. The van der Waals surface area contributed by atoms with Crippen LogP contribution in [0.3, 0.4) is 0 Å². The van der Waals surface area contributed by atoms with Crippen LogP contribution in [0, 0.1) is 13.8 Å². The van der Waals surface area contributed by atoms with Gasteiger partial charge >= 0.3 is 0 Å². The molecule has 0 radical (unpaired) electrons. The molecule has 0 amide bonds. The summed E-state index contributed by atoms with van der Waals surface area (Å²) in [5.74, 6) is 0.620. The Morgan fingerprint density at radius 1 is 0.429 bits per heavy atom. The normalized spacial score (nSPS) is 11.8. The SMILES string of the molecule is Cc1ccccc1-c1nc(-n2c3ccccc3c3c4oc5cc(-c6ccccc6)c6ccccc6c5c4ccc32)nc(-c2ccc(-c3ccccc3)cc2)c1C. The molecule has 0 aliphatic heterocycles. The van der Waals surface area contributed by atoms with Crippen molar-refractivity contribution in [1.29, 1.82) is 0 Å². The van der Waals surface area contributed by atoms with Gasteiger partial charge in [-0.25, -0.2) is 9.97 Å². The maximum absolute atomic E-state index is 7.01. The lowest BCUT2D eigenvalue weighted by Gasteiger charge is -2.16. The predicted molar refractivity (Wildman–Crippen MR) is 232 cm³/mol. The first-order chi connectivity index (χ1) is 27.6. The predicted octanol–water partition coefficient (Wildman–Crippen LogP) is 13.9. The fourth-order valence-corrected chi connectivity index (χ4v) is 8.66. The minimum atomic E-state index is 0.620. The number of fused-ring (bicyclic) bond motifs is 9. The number of hydrogen-bond acceptors (Lipinski definition) is 3. The Hall–Kier alpha value is -7.30. The molecule has 0 N–H and O–H groups in total. The van der Waals surface area contributed by atoms with Gasteiger partial charge in [-0.15, -0.1) is 0 Å². The summed E-state index contributed by atoms with van der Waals surface area (Å²) in [6.45, 7) is 4.29. The van der Waals surface area contributed by atoms with E-state index in [-0.39, 0.29) is 0 Å². The molecule has 0 aliphatic carbocycles. The molecule has 0 spiro atoms. The Morgan fingerprint density at radius 2 is 1.04 bits per heavy atom. The number of aromatic nitrogens is 3. The molecule has 0 saturated carbocycles. The highest BCUT2D eigenvalue weighted by atomic mass is 16.3. The van der Waals surface area contributed by atoms with Crippen LogP contribution in [0.2, 0.25) is 0 Å². The second kappa shape index (κ2) is 12.6. The first kappa shape index (κ1) is 32.2. The van der Waals surface area contributed by atoms with Gasteiger partial charge in [0.2, 0.25) is 5.95 Å². The number of hydrogen-bond donors (Lipinski definition) is 0. The van der Waals surface area contributed by atoms with Gasteiger partial charge in [0.05, 0.1) is 27.8 Å². The van der Waals surface area contributed by atoms with Gasteiger partial charge in [-0.3, -0.25) is 4.57 Å². The number of furan rings is 1. The number of aryl methyl sites for hydroxylation is 1. The van der Waals surface area contributed by atoms with Crippen LogP contribution in [-0.4, -0.2) is 14.5 Å². The molecule has 11 rings (SSSR count). The molecule has 0 unspecified atom stereocenters. The maximum Gasteiger partial charge on any atom is 0.235 e. The number of benzene rings is 8. The van der Waals surface area contributed by atoms with Gasteiger partial charge in [0.1, 0.15) is 11.2 Å². The van der Waals surface area contributed by atoms with Crippen LogP contribution in [0.1, 0.15) is 11.1 Å². The lowest BCUT2D eigenvalue weighted by atomic mass is 9.95. The molecule has 56 heavy (non-hydrogen) atoms. The fraction of sp³-hybridized carbons (Fsp3) is 0.0385. The molecule has 0 aliphatic rings. The van der Waals surface area contributed by atoms with Crippen molar-refractivity contribution >= 4 is 54.5 Å². The first-order valence-corrected chi connectivity index (χ1v) is 19.1. The zero-order valence-corrected chi connectivity index (χ0v) is 31.0. The molecule has 8 aromatic carbocycles. The van der Waals surface area contributed by atoms with Crippen LogP contribution in [0.5, 0.6) is 0 Å². The van der Waals surface area contributed by atoms with E-state index in [1.54, 1.807) is 0 Å². The molecular formula is C52H35N3O. The molecule has 0 atom stereocenters. The summed E-state index contributed by atoms with van der Waals surface area (Å²) in [4.78, 5) is 10.9. The van der Waals surface area contributed by atoms with E-state index in [1.165, 1.54) is 33.0 Å². The van der Waals surface area contributed by atoms with Gasteiger partial charge in [0.25, 0.3) is 0 Å². The molecule has 0 bridgehead atoms. The Kier molecular flexibility index (Phi) is 7.26. The van der Waals surface area contributed by atoms with Crippen LogP contribution < -0.4 is 0 Å². The summed E-state index contributed by atoms with van der Waals surface area (Å²) in [6.07, 6.45) is 0. The smallest absolute Gasteiger partial charge is 0.235 e. The van der Waals surface area contributed by atoms with E-state index in [1.807, 2.05) is 6.07 Å². The van der Waals surface area contributed by atoms with Crippen molar-refractivity contribution in [3.8, 4) is 50.7 Å². The molecular weight excluding hydrogens is 683 g/mol. The monoisotopic (exact) mass is 717 g/mol. The van der Waals surface area contributed by atoms with E-state index in [0.29, 0.717) is 5.95 Å². The third-order valence-corrected chi connectivity index (χ3v) is 11.4. The largest absolute Gasteiger partial charge is 0.455 e. The van der Waals surface area contributed by atoms with E-state index in [2.05, 4.69) is 188 Å². The minimum Gasteiger partial charge on any atom is -0.455 e. The zero-order chi connectivity index (χ0) is 37.3. The second-order valence-electron chi connectivity index (χ2n) is 14.6. The molecule has 11 aromatic rings. The minimum absolute atomic E-state index is 0.620. The summed E-state index contributed by atoms with van der Waals surface area (Å²) in [5.41, 5.74) is 14.6. The van der Waals surface area contributed by atoms with Crippen LogP contribution >= 0.6 is 0 Å². The molecule has 0 fully saturated rings. The van der Waals surface area contributed by atoms with Crippen LogP contribution in [-0.2, 0) is 0 Å². The van der Waals surface area contributed by atoms with Gasteiger partial charge in [-0.05, 0) is 76.7 Å². The van der Waals surface area contributed by atoms with E-state index in [0.717, 1.165) is 77.4 Å². The Bertz CT molecular complexity index is 3300. The topological polar surface area (TPSA) is 43.9 Å². The molecule has 3 aromatic heterocycles. The van der Waals surface area contributed by atoms with Crippen LogP contribution in [0.25, 0.3) is 105 Å². The van der Waals surface area contributed by atoms with Gasteiger partial charge < -0.3 is 4.42 Å². The molecule has 264 valence electrons. The molecule has 3 heterocycles. The van der Waals surface area contributed by atoms with Crippen molar-refractivity contribution in [2.75, 3.05) is 0 Å². The van der Waals surface area contributed by atoms with Gasteiger partial charge in [0, 0.05) is 32.8 Å². The van der Waals surface area contributed by atoms with Crippen molar-refractivity contribution in [3.05, 3.63) is 187 Å². The maximum atomic E-state index is 7.01. The van der Waals surface area contributed by atoms with Crippen molar-refractivity contribution in [2.24, 2.45) is 0 Å². The van der Waals surface area contributed by atoms with E-state index < -0.39 is 0 Å². The average Bonchev–Trinajstić information content (AvgIpc) is 3.80. The van der Waals surface area contributed by atoms with E-state index in [4.69, 9.17) is 14.4 Å². The summed E-state index contributed by atoms with van der Waals surface area (Å²) in [7, 11) is 0. The number of nitrogens with zero attached hydrogens (tertiary/aromatic N) is 3. The molecule has 0 saturated heterocycles. The fourth-order valence-electron chi connectivity index (χ4n) is 8.66. The summed E-state index contributed by atoms with van der Waals surface area (Å²) >= 11 is 0. The lowest BCUT2D eigenvalue weighted by molar-refractivity contribution is 0.673. The Morgan fingerprint density at radius 3 is 1.80 bits per heavy atom. The summed E-state index contributed by atoms with van der Waals surface area (Å²) in [6, 6.07) is 62.1. The number of rotatable bonds is 5. The van der Waals surface area contributed by atoms with Crippen LogP contribution in [0.4, 0.5) is 0 Å². The second-order valence-corrected chi connectivity index (χ2v) is 14.6. The Balaban J connectivity index is 1.19. The highest BCUT2D eigenvalue weighted by Gasteiger charge is 2.24. The van der Waals surface area contributed by atoms with Crippen molar-refractivity contribution in [1.82, 2.24) is 14.5 Å². The quantitative estimate of drug-likeness (QED) is 0.178. The van der Waals surface area contributed by atoms with Gasteiger partial charge in [-0.1, -0.05) is 152 Å². The molecule has 4 heteroatoms. The van der Waals surface area contributed by atoms with Crippen molar-refractivity contribution in [2.45, 2.75) is 13.8 Å². The van der Waals surface area contributed by atoms with E-state index in [9.17, 15) is 0 Å². The number of para-hydroxylation sites is 1. The standard InChI is InChI=1S/C52H35N3O/c1-32-15-9-10-20-38(32)50-33(2)49(37-27-25-35(26-28-37)34-16-5-3-6-17-34)53-52(54-50)55-44-24-14-13-23-41(44)48-45(55)30-29-42-47-40-22-12-11-21-39(40)43(31-46(47)56-51(42)48)36-18-7-4-8-19-36/h3-31H,1-2H3. The lowest BCUT2D eigenvalue weighted by Crippen LogP contribution is -2.06. The zero-order valence-electron chi connectivity index (χ0n) is 31.0. The van der Waals surface area contributed by atoms with Crippen molar-refractivity contribution in [3.63, 3.8) is 0 Å². The van der Waals surface area contributed by atoms with Gasteiger partial charge in [0.15, 0.2) is 0 Å². The summed E-state index contributed by atoms with van der Waals surface area (Å²) < 4.78 is 9.22. The molecule has 4 nitrogen and oxygen atoms in total. The average molecular weight is 718 g/mol. The third-order valence-electron chi connectivity index (χ3n) is 11.4.